The average molecular weight is 529 g/mol. The fourth-order valence-corrected chi connectivity index (χ4v) is 4.46. The van der Waals surface area contributed by atoms with Crippen LogP contribution in [0.1, 0.15) is 41.5 Å². The Balaban J connectivity index is 0. The van der Waals surface area contributed by atoms with E-state index in [1.807, 2.05) is 41.5 Å². The molecule has 1 N–H and O–H groups in total. The highest BCUT2D eigenvalue weighted by molar-refractivity contribution is 7.97. The largest absolute Gasteiger partial charge is 0.691 e. The molecule has 9 heteroatoms. The van der Waals surface area contributed by atoms with Crippen LogP contribution in [-0.2, 0) is 25.1 Å². The molecule has 0 radical (unpaired) electrons. The molecule has 0 atom stereocenters. The normalized spacial score (nSPS) is 9.54. The highest BCUT2D eigenvalue weighted by Gasteiger charge is 2.41. The third kappa shape index (κ3) is 13.9. The number of aliphatic carboxylic acids is 1. The number of rotatable bonds is 7. The maximum Gasteiger partial charge on any atom is 0.415 e. The van der Waals surface area contributed by atoms with Crippen LogP contribution in [-0.4, -0.2) is 16.3 Å². The molecule has 0 saturated heterocycles. The van der Waals surface area contributed by atoms with E-state index in [0.717, 1.165) is 0 Å². The second-order valence-corrected chi connectivity index (χ2v) is 8.13. The first-order valence-corrected chi connectivity index (χ1v) is 13.1. The fourth-order valence-electron chi connectivity index (χ4n) is 2.17. The monoisotopic (exact) mass is 528 g/mol. The molecule has 0 aliphatic rings. The summed E-state index contributed by atoms with van der Waals surface area (Å²) in [7, 11) is -0.0146. The van der Waals surface area contributed by atoms with E-state index in [9.17, 15) is 13.6 Å². The van der Waals surface area contributed by atoms with Gasteiger partial charge in [0.25, 0.3) is 0 Å². The first-order valence-electron chi connectivity index (χ1n) is 11.1. The van der Waals surface area contributed by atoms with Crippen molar-refractivity contribution in [2.75, 3.05) is 0 Å². The smallest absolute Gasteiger partial charge is 0.415 e. The minimum atomic E-state index is -4.16. The van der Waals surface area contributed by atoms with E-state index in [2.05, 4.69) is 100 Å². The standard InChI is InChI=1S/C18H15S.C2H2F2O5S.3C2H6/c1-4-10-16(11-5-1)19(17-12-6-2-7-13-17)18-14-8-3-9-15-18;3-2(4,1(5)6)10-9-8-7;3*1-2/h1-15H;7H,(H,5,6);3*1-2H3/q+1;;;;/p-1. The SMILES string of the molecule is CC.CC.CC.O=C(O)C(F)(F)SOO[O-].c1ccc([S+](c2ccccc2)c2ccccc2)cc1. The van der Waals surface area contributed by atoms with E-state index >= 15 is 0 Å². The summed E-state index contributed by atoms with van der Waals surface area (Å²) < 4.78 is 26.6. The van der Waals surface area contributed by atoms with E-state index in [-0.39, 0.29) is 10.9 Å². The van der Waals surface area contributed by atoms with E-state index in [1.165, 1.54) is 14.7 Å². The predicted molar refractivity (Wildman–Crippen MR) is 138 cm³/mol. The van der Waals surface area contributed by atoms with Gasteiger partial charge in [0.05, 0.1) is 10.9 Å². The molecule has 3 aromatic rings. The summed E-state index contributed by atoms with van der Waals surface area (Å²) in [5.74, 6) is -2.41. The summed E-state index contributed by atoms with van der Waals surface area (Å²) in [6, 6.07) is 32.2. The van der Waals surface area contributed by atoms with Gasteiger partial charge in [-0.3, -0.25) is 5.04 Å². The van der Waals surface area contributed by atoms with Gasteiger partial charge in [-0.1, -0.05) is 96.1 Å². The van der Waals surface area contributed by atoms with Crippen LogP contribution in [0.3, 0.4) is 0 Å². The maximum absolute atomic E-state index is 11.8. The first kappa shape index (κ1) is 34.7. The van der Waals surface area contributed by atoms with E-state index < -0.39 is 23.3 Å². The van der Waals surface area contributed by atoms with Crippen molar-refractivity contribution in [1.29, 1.82) is 0 Å². The highest BCUT2D eigenvalue weighted by atomic mass is 32.2. The van der Waals surface area contributed by atoms with Crippen LogP contribution in [0.4, 0.5) is 8.78 Å². The van der Waals surface area contributed by atoms with Gasteiger partial charge in [0.15, 0.2) is 14.7 Å². The quantitative estimate of drug-likeness (QED) is 0.149. The minimum absolute atomic E-state index is 0.0146. The summed E-state index contributed by atoms with van der Waals surface area (Å²) >= 11 is -0.881. The topological polar surface area (TPSA) is 78.8 Å². The molecule has 0 aliphatic carbocycles. The summed E-state index contributed by atoms with van der Waals surface area (Å²) in [6.45, 7) is 12.0. The van der Waals surface area contributed by atoms with E-state index in [0.29, 0.717) is 0 Å². The Morgan fingerprint density at radius 2 is 1.03 bits per heavy atom. The number of carboxylic acid groups (broad SMARTS) is 1. The number of alkyl halides is 2. The van der Waals surface area contributed by atoms with Gasteiger partial charge in [0.2, 0.25) is 0 Å². The lowest BCUT2D eigenvalue weighted by Crippen LogP contribution is -2.24. The predicted octanol–water partition coefficient (Wildman–Crippen LogP) is 7.40. The van der Waals surface area contributed by atoms with Gasteiger partial charge in [0, 0.05) is 0 Å². The number of carbonyl (C=O) groups is 1. The van der Waals surface area contributed by atoms with Gasteiger partial charge < -0.3 is 10.4 Å². The van der Waals surface area contributed by atoms with Gasteiger partial charge in [-0.25, -0.2) is 4.79 Å². The zero-order valence-electron chi connectivity index (χ0n) is 20.8. The second-order valence-electron chi connectivity index (χ2n) is 5.29. The fraction of sp³-hybridized carbons (Fsp3) is 0.269. The van der Waals surface area contributed by atoms with Crippen molar-refractivity contribution < 1.29 is 33.3 Å². The molecule has 0 unspecified atom stereocenters. The lowest BCUT2D eigenvalue weighted by molar-refractivity contribution is -0.777. The lowest BCUT2D eigenvalue weighted by atomic mass is 10.4. The van der Waals surface area contributed by atoms with Gasteiger partial charge in [0.1, 0.15) is 12.0 Å². The van der Waals surface area contributed by atoms with Crippen LogP contribution in [0, 0.1) is 0 Å². The average Bonchev–Trinajstić information content (AvgIpc) is 2.93. The third-order valence-electron chi connectivity index (χ3n) is 3.35. The van der Waals surface area contributed by atoms with Gasteiger partial charge in [-0.2, -0.15) is 13.1 Å². The van der Waals surface area contributed by atoms with Crippen molar-refractivity contribution >= 4 is 28.9 Å². The van der Waals surface area contributed by atoms with E-state index in [4.69, 9.17) is 10.4 Å². The summed E-state index contributed by atoms with van der Waals surface area (Å²) in [5, 5.41) is 14.9. The number of hydrogen-bond donors (Lipinski definition) is 1. The third-order valence-corrected chi connectivity index (χ3v) is 6.09. The Hall–Kier alpha value is -2.43. The first-order chi connectivity index (χ1) is 17.0. The summed E-state index contributed by atoms with van der Waals surface area (Å²) in [4.78, 5) is 13.6. The van der Waals surface area contributed by atoms with Gasteiger partial charge in [-0.15, -0.1) is 0 Å². The van der Waals surface area contributed by atoms with Crippen molar-refractivity contribution in [3.05, 3.63) is 91.0 Å². The summed E-state index contributed by atoms with van der Waals surface area (Å²) in [5.41, 5.74) is 0. The molecule has 0 bridgehead atoms. The van der Waals surface area contributed by atoms with Crippen LogP contribution in [0.2, 0.25) is 0 Å². The van der Waals surface area contributed by atoms with Crippen molar-refractivity contribution in [3.63, 3.8) is 0 Å². The zero-order valence-corrected chi connectivity index (χ0v) is 22.4. The number of hydrogen-bond acceptors (Lipinski definition) is 5. The molecule has 5 nitrogen and oxygen atoms in total. The Kier molecular flexibility index (Phi) is 21.9. The Bertz CT molecular complexity index is 777. The maximum atomic E-state index is 11.8. The van der Waals surface area contributed by atoms with Crippen LogP contribution in [0.25, 0.3) is 0 Å². The molecule has 0 saturated carbocycles. The second kappa shape index (κ2) is 22.1. The van der Waals surface area contributed by atoms with Crippen molar-refractivity contribution in [3.8, 4) is 0 Å². The lowest BCUT2D eigenvalue weighted by Gasteiger charge is -2.09. The zero-order chi connectivity index (χ0) is 27.1. The number of carboxylic acids is 1. The molecule has 3 rings (SSSR count). The molecular weight excluding hydrogens is 494 g/mol. The number of benzene rings is 3. The Labute approximate surface area is 214 Å². The molecule has 0 amide bonds. The Morgan fingerprint density at radius 3 is 1.26 bits per heavy atom. The van der Waals surface area contributed by atoms with Crippen LogP contribution < -0.4 is 5.26 Å². The molecule has 3 aromatic carbocycles. The molecule has 0 aromatic heterocycles. The molecule has 0 spiro atoms. The molecule has 35 heavy (non-hydrogen) atoms. The Morgan fingerprint density at radius 1 is 0.743 bits per heavy atom. The summed E-state index contributed by atoms with van der Waals surface area (Å²) in [6.07, 6.45) is 0. The van der Waals surface area contributed by atoms with Crippen molar-refractivity contribution in [2.45, 2.75) is 61.5 Å². The van der Waals surface area contributed by atoms with Gasteiger partial charge in [-0.05, 0) is 36.4 Å². The number of halogens is 2. The molecule has 0 fully saturated rings. The van der Waals surface area contributed by atoms with Crippen LogP contribution >= 0.6 is 12.0 Å². The van der Waals surface area contributed by atoms with Crippen LogP contribution in [0.5, 0.6) is 0 Å². The molecule has 0 aliphatic heterocycles. The molecule has 194 valence electrons. The van der Waals surface area contributed by atoms with Crippen molar-refractivity contribution in [2.24, 2.45) is 0 Å². The van der Waals surface area contributed by atoms with Crippen LogP contribution in [0.15, 0.2) is 106 Å². The van der Waals surface area contributed by atoms with Crippen molar-refractivity contribution in [1.82, 2.24) is 0 Å². The minimum Gasteiger partial charge on any atom is -0.691 e. The molecule has 0 heterocycles. The van der Waals surface area contributed by atoms with E-state index in [1.54, 1.807) is 0 Å². The molecular formula is C26H34F2O5S2. The highest BCUT2D eigenvalue weighted by Crippen LogP contribution is 2.30. The van der Waals surface area contributed by atoms with Gasteiger partial charge >= 0.3 is 11.2 Å².